The van der Waals surface area contributed by atoms with E-state index in [0.717, 1.165) is 25.7 Å². The van der Waals surface area contributed by atoms with Crippen molar-refractivity contribution in [2.24, 2.45) is 4.99 Å². The molecular weight excluding hydrogens is 208 g/mol. The van der Waals surface area contributed by atoms with Crippen LogP contribution in [0.2, 0.25) is 0 Å². The molecule has 1 aliphatic carbocycles. The van der Waals surface area contributed by atoms with Gasteiger partial charge in [-0.15, -0.1) is 0 Å². The molecule has 2 aliphatic rings. The first-order valence-electron chi connectivity index (χ1n) is 5.65. The molecule has 0 saturated heterocycles. The third kappa shape index (κ3) is 2.23. The molecule has 0 radical (unpaired) electrons. The van der Waals surface area contributed by atoms with Crippen molar-refractivity contribution >= 4 is 17.6 Å². The van der Waals surface area contributed by atoms with Crippen molar-refractivity contribution in [2.75, 3.05) is 7.11 Å². The maximum absolute atomic E-state index is 11.7. The summed E-state index contributed by atoms with van der Waals surface area (Å²) in [5.74, 6) is -0.628. The predicted molar refractivity (Wildman–Crippen MR) is 58.3 cm³/mol. The van der Waals surface area contributed by atoms with Crippen LogP contribution in [-0.4, -0.2) is 36.8 Å². The van der Waals surface area contributed by atoms with Gasteiger partial charge in [-0.05, 0) is 12.8 Å². The molecule has 2 rings (SSSR count). The number of fused-ring (bicyclic) bond motifs is 1. The molecule has 1 heterocycles. The van der Waals surface area contributed by atoms with Gasteiger partial charge in [-0.2, -0.15) is 0 Å². The average Bonchev–Trinajstić information content (AvgIpc) is 2.30. The minimum Gasteiger partial charge on any atom is -0.469 e. The minimum atomic E-state index is -0.414. The molecule has 1 aliphatic heterocycles. The third-order valence-electron chi connectivity index (χ3n) is 3.17. The van der Waals surface area contributed by atoms with Crippen molar-refractivity contribution in [2.45, 2.75) is 44.2 Å². The number of methoxy groups -OCH3 is 1. The Hall–Kier alpha value is -1.39. The summed E-state index contributed by atoms with van der Waals surface area (Å²) in [5, 5.41) is 2.92. The first-order valence-corrected chi connectivity index (χ1v) is 5.65. The Morgan fingerprint density at radius 3 is 3.00 bits per heavy atom. The van der Waals surface area contributed by atoms with Crippen LogP contribution in [0.3, 0.4) is 0 Å². The van der Waals surface area contributed by atoms with E-state index in [9.17, 15) is 9.59 Å². The molecule has 1 fully saturated rings. The van der Waals surface area contributed by atoms with E-state index in [1.54, 1.807) is 0 Å². The van der Waals surface area contributed by atoms with Crippen LogP contribution in [0.1, 0.15) is 32.1 Å². The van der Waals surface area contributed by atoms with Gasteiger partial charge < -0.3 is 10.1 Å². The van der Waals surface area contributed by atoms with Gasteiger partial charge in [-0.1, -0.05) is 12.8 Å². The topological polar surface area (TPSA) is 67.8 Å². The quantitative estimate of drug-likeness (QED) is 0.692. The van der Waals surface area contributed by atoms with Crippen molar-refractivity contribution in [3.05, 3.63) is 0 Å². The SMILES string of the molecule is COC(=O)CC1=N[C@@H]2CCCC[C@@H]2NC1=O. The average molecular weight is 224 g/mol. The van der Waals surface area contributed by atoms with Gasteiger partial charge in [0.2, 0.25) is 0 Å². The van der Waals surface area contributed by atoms with Crippen LogP contribution in [-0.2, 0) is 14.3 Å². The second kappa shape index (κ2) is 4.63. The van der Waals surface area contributed by atoms with E-state index >= 15 is 0 Å². The van der Waals surface area contributed by atoms with Crippen LogP contribution in [0.25, 0.3) is 0 Å². The smallest absolute Gasteiger partial charge is 0.311 e. The lowest BCUT2D eigenvalue weighted by atomic mass is 9.89. The minimum absolute atomic E-state index is 0.0223. The number of amides is 1. The van der Waals surface area contributed by atoms with E-state index < -0.39 is 5.97 Å². The standard InChI is InChI=1S/C11H16N2O3/c1-16-10(14)6-9-11(15)13-8-5-3-2-4-7(8)12-9/h7-8H,2-6H2,1H3,(H,13,15)/t7-,8+/m1/s1. The fourth-order valence-electron chi connectivity index (χ4n) is 2.28. The van der Waals surface area contributed by atoms with Crippen LogP contribution in [0.15, 0.2) is 4.99 Å². The van der Waals surface area contributed by atoms with Crippen molar-refractivity contribution < 1.29 is 14.3 Å². The van der Waals surface area contributed by atoms with Gasteiger partial charge in [-0.3, -0.25) is 14.6 Å². The number of ether oxygens (including phenoxy) is 1. The highest BCUT2D eigenvalue weighted by molar-refractivity contribution is 6.42. The van der Waals surface area contributed by atoms with Gasteiger partial charge in [0.15, 0.2) is 0 Å². The van der Waals surface area contributed by atoms with Gasteiger partial charge in [0.05, 0.1) is 25.6 Å². The molecule has 0 aromatic rings. The first kappa shape index (κ1) is 11.1. The summed E-state index contributed by atoms with van der Waals surface area (Å²) in [4.78, 5) is 27.1. The maximum atomic E-state index is 11.7. The van der Waals surface area contributed by atoms with Crippen LogP contribution in [0, 0.1) is 0 Å². The zero-order valence-corrected chi connectivity index (χ0v) is 9.36. The molecule has 0 unspecified atom stereocenters. The van der Waals surface area contributed by atoms with E-state index in [-0.39, 0.29) is 24.4 Å². The van der Waals surface area contributed by atoms with Gasteiger partial charge in [-0.25, -0.2) is 0 Å². The predicted octanol–water partition coefficient (Wildman–Crippen LogP) is 0.431. The van der Waals surface area contributed by atoms with E-state index in [1.807, 2.05) is 0 Å². The summed E-state index contributed by atoms with van der Waals surface area (Å²) in [6, 6.07) is 0.328. The largest absolute Gasteiger partial charge is 0.469 e. The highest BCUT2D eigenvalue weighted by Gasteiger charge is 2.33. The van der Waals surface area contributed by atoms with Crippen LogP contribution < -0.4 is 5.32 Å². The summed E-state index contributed by atoms with van der Waals surface area (Å²) in [5.41, 5.74) is 0.315. The van der Waals surface area contributed by atoms with E-state index in [2.05, 4.69) is 15.0 Å². The lowest BCUT2D eigenvalue weighted by Crippen LogP contribution is -2.51. The Kier molecular flexibility index (Phi) is 3.22. The van der Waals surface area contributed by atoms with Gasteiger partial charge in [0.1, 0.15) is 5.71 Å². The number of esters is 1. The zero-order chi connectivity index (χ0) is 11.5. The molecule has 0 bridgehead atoms. The molecule has 16 heavy (non-hydrogen) atoms. The summed E-state index contributed by atoms with van der Waals surface area (Å²) in [7, 11) is 1.31. The summed E-state index contributed by atoms with van der Waals surface area (Å²) < 4.78 is 4.54. The third-order valence-corrected chi connectivity index (χ3v) is 3.17. The Labute approximate surface area is 94.3 Å². The highest BCUT2D eigenvalue weighted by atomic mass is 16.5. The Morgan fingerprint density at radius 2 is 2.25 bits per heavy atom. The van der Waals surface area contributed by atoms with E-state index in [0.29, 0.717) is 5.71 Å². The number of carbonyl (C=O) groups excluding carboxylic acids is 2. The molecule has 1 amide bonds. The molecule has 5 nitrogen and oxygen atoms in total. The number of rotatable bonds is 2. The number of hydrogen-bond donors (Lipinski definition) is 1. The van der Waals surface area contributed by atoms with Gasteiger partial charge in [0, 0.05) is 0 Å². The lowest BCUT2D eigenvalue weighted by molar-refractivity contribution is -0.139. The highest BCUT2D eigenvalue weighted by Crippen LogP contribution is 2.24. The Balaban J connectivity index is 2.09. The molecule has 0 spiro atoms. The van der Waals surface area contributed by atoms with Crippen molar-refractivity contribution in [1.82, 2.24) is 5.32 Å². The molecule has 1 N–H and O–H groups in total. The number of nitrogens with zero attached hydrogens (tertiary/aromatic N) is 1. The van der Waals surface area contributed by atoms with Crippen LogP contribution in [0.5, 0.6) is 0 Å². The molecule has 88 valence electrons. The Morgan fingerprint density at radius 1 is 1.50 bits per heavy atom. The van der Waals surface area contributed by atoms with Crippen LogP contribution in [0.4, 0.5) is 0 Å². The zero-order valence-electron chi connectivity index (χ0n) is 9.36. The van der Waals surface area contributed by atoms with E-state index in [1.165, 1.54) is 7.11 Å². The number of aliphatic imine (C=N–C) groups is 1. The molecule has 2 atom stereocenters. The lowest BCUT2D eigenvalue weighted by Gasteiger charge is -2.33. The molecule has 0 aromatic carbocycles. The van der Waals surface area contributed by atoms with E-state index in [4.69, 9.17) is 0 Å². The molecule has 1 saturated carbocycles. The van der Waals surface area contributed by atoms with Gasteiger partial charge in [0.25, 0.3) is 5.91 Å². The molecule has 0 aromatic heterocycles. The summed E-state index contributed by atoms with van der Waals surface area (Å²) >= 11 is 0. The number of nitrogens with one attached hydrogen (secondary N) is 1. The fourth-order valence-corrected chi connectivity index (χ4v) is 2.28. The van der Waals surface area contributed by atoms with Crippen LogP contribution >= 0.6 is 0 Å². The normalized spacial score (nSPS) is 28.8. The van der Waals surface area contributed by atoms with Gasteiger partial charge >= 0.3 is 5.97 Å². The number of hydrogen-bond acceptors (Lipinski definition) is 4. The van der Waals surface area contributed by atoms with Crippen molar-refractivity contribution in [3.63, 3.8) is 0 Å². The second-order valence-corrected chi connectivity index (χ2v) is 4.26. The number of carbonyl (C=O) groups is 2. The Bertz CT molecular complexity index is 338. The van der Waals surface area contributed by atoms with Crippen molar-refractivity contribution in [3.8, 4) is 0 Å². The monoisotopic (exact) mass is 224 g/mol. The summed E-state index contributed by atoms with van der Waals surface area (Å²) in [6.07, 6.45) is 4.25. The molecular formula is C11H16N2O3. The fraction of sp³-hybridized carbons (Fsp3) is 0.727. The van der Waals surface area contributed by atoms with Crippen molar-refractivity contribution in [1.29, 1.82) is 0 Å². The second-order valence-electron chi connectivity index (χ2n) is 4.26. The first-order chi connectivity index (χ1) is 7.70. The molecule has 5 heteroatoms. The maximum Gasteiger partial charge on any atom is 0.311 e. The summed E-state index contributed by atoms with van der Waals surface area (Å²) in [6.45, 7) is 0.